The summed E-state index contributed by atoms with van der Waals surface area (Å²) in [5.74, 6) is 1.29. The Morgan fingerprint density at radius 1 is 1.03 bits per heavy atom. The molecule has 1 fully saturated rings. The SMILES string of the molecule is CCCN(C(=O)COc1ccccc1C(C)CC)C1CCN(C(=O)c2ccccc2)CC1. The molecule has 2 aromatic carbocycles. The molecule has 172 valence electrons. The van der Waals surface area contributed by atoms with Gasteiger partial charge in [-0.2, -0.15) is 0 Å². The van der Waals surface area contributed by atoms with E-state index in [2.05, 4.69) is 26.8 Å². The summed E-state index contributed by atoms with van der Waals surface area (Å²) in [7, 11) is 0. The lowest BCUT2D eigenvalue weighted by Crippen LogP contribution is -2.50. The second kappa shape index (κ2) is 11.7. The van der Waals surface area contributed by atoms with Crippen molar-refractivity contribution >= 4 is 11.8 Å². The highest BCUT2D eigenvalue weighted by molar-refractivity contribution is 5.94. The molecule has 0 N–H and O–H groups in total. The van der Waals surface area contributed by atoms with E-state index in [0.717, 1.165) is 42.6 Å². The average molecular weight is 437 g/mol. The minimum Gasteiger partial charge on any atom is -0.483 e. The van der Waals surface area contributed by atoms with Crippen LogP contribution in [-0.2, 0) is 4.79 Å². The molecule has 5 heteroatoms. The van der Waals surface area contributed by atoms with Gasteiger partial charge in [0.15, 0.2) is 6.61 Å². The Morgan fingerprint density at radius 3 is 2.34 bits per heavy atom. The van der Waals surface area contributed by atoms with Crippen LogP contribution in [0.1, 0.15) is 68.3 Å². The second-order valence-corrected chi connectivity index (χ2v) is 8.61. The number of hydrogen-bond acceptors (Lipinski definition) is 3. The molecule has 1 saturated heterocycles. The van der Waals surface area contributed by atoms with Crippen LogP contribution in [0.3, 0.4) is 0 Å². The zero-order chi connectivity index (χ0) is 22.9. The fraction of sp³-hybridized carbons (Fsp3) is 0.481. The Balaban J connectivity index is 1.59. The molecule has 0 bridgehead atoms. The normalized spacial score (nSPS) is 15.3. The van der Waals surface area contributed by atoms with Gasteiger partial charge in [0.1, 0.15) is 5.75 Å². The summed E-state index contributed by atoms with van der Waals surface area (Å²) in [4.78, 5) is 29.7. The Labute approximate surface area is 192 Å². The van der Waals surface area contributed by atoms with Gasteiger partial charge in [-0.15, -0.1) is 0 Å². The lowest BCUT2D eigenvalue weighted by Gasteiger charge is -2.38. The maximum Gasteiger partial charge on any atom is 0.260 e. The summed E-state index contributed by atoms with van der Waals surface area (Å²) in [6.07, 6.45) is 3.52. The summed E-state index contributed by atoms with van der Waals surface area (Å²) in [5.41, 5.74) is 1.87. The molecule has 5 nitrogen and oxygen atoms in total. The van der Waals surface area contributed by atoms with E-state index >= 15 is 0 Å². The molecular weight excluding hydrogens is 400 g/mol. The van der Waals surface area contributed by atoms with E-state index < -0.39 is 0 Å². The first-order valence-electron chi connectivity index (χ1n) is 11.9. The van der Waals surface area contributed by atoms with Crippen LogP contribution in [0.4, 0.5) is 0 Å². The van der Waals surface area contributed by atoms with E-state index in [-0.39, 0.29) is 24.5 Å². The average Bonchev–Trinajstić information content (AvgIpc) is 2.85. The number of amides is 2. The van der Waals surface area contributed by atoms with Crippen LogP contribution in [0, 0.1) is 0 Å². The van der Waals surface area contributed by atoms with Crippen LogP contribution in [0.15, 0.2) is 54.6 Å². The van der Waals surface area contributed by atoms with E-state index in [1.54, 1.807) is 0 Å². The van der Waals surface area contributed by atoms with Crippen LogP contribution in [0.25, 0.3) is 0 Å². The molecule has 1 heterocycles. The highest BCUT2D eigenvalue weighted by atomic mass is 16.5. The Kier molecular flexibility index (Phi) is 8.72. The highest BCUT2D eigenvalue weighted by Crippen LogP contribution is 2.28. The molecule has 0 aliphatic carbocycles. The molecule has 0 aromatic heterocycles. The summed E-state index contributed by atoms with van der Waals surface area (Å²) < 4.78 is 6.00. The first-order chi connectivity index (χ1) is 15.5. The van der Waals surface area contributed by atoms with Gasteiger partial charge >= 0.3 is 0 Å². The van der Waals surface area contributed by atoms with Gasteiger partial charge in [-0.3, -0.25) is 9.59 Å². The Bertz CT molecular complexity index is 875. The molecule has 1 aliphatic rings. The van der Waals surface area contributed by atoms with Crippen LogP contribution in [0.2, 0.25) is 0 Å². The number of rotatable bonds is 9. The van der Waals surface area contributed by atoms with Crippen LogP contribution in [-0.4, -0.2) is 53.9 Å². The monoisotopic (exact) mass is 436 g/mol. The van der Waals surface area contributed by atoms with E-state index in [9.17, 15) is 9.59 Å². The number of likely N-dealkylation sites (tertiary alicyclic amines) is 1. The molecule has 2 aromatic rings. The molecule has 1 atom stereocenters. The molecule has 0 saturated carbocycles. The van der Waals surface area contributed by atoms with Gasteiger partial charge in [0.25, 0.3) is 11.8 Å². The number of para-hydroxylation sites is 1. The molecule has 3 rings (SSSR count). The minimum absolute atomic E-state index is 0.0265. The van der Waals surface area contributed by atoms with Crippen molar-refractivity contribution in [3.05, 3.63) is 65.7 Å². The highest BCUT2D eigenvalue weighted by Gasteiger charge is 2.30. The number of piperidine rings is 1. The quantitative estimate of drug-likeness (QED) is 0.548. The minimum atomic E-state index is 0.0265. The third-order valence-corrected chi connectivity index (χ3v) is 6.41. The molecule has 32 heavy (non-hydrogen) atoms. The smallest absolute Gasteiger partial charge is 0.260 e. The fourth-order valence-corrected chi connectivity index (χ4v) is 4.36. The van der Waals surface area contributed by atoms with Crippen molar-refractivity contribution in [3.63, 3.8) is 0 Å². The van der Waals surface area contributed by atoms with Gasteiger partial charge in [0.05, 0.1) is 0 Å². The number of carbonyl (C=O) groups is 2. The maximum absolute atomic E-state index is 13.1. The zero-order valence-corrected chi connectivity index (χ0v) is 19.6. The van der Waals surface area contributed by atoms with Crippen LogP contribution in [0.5, 0.6) is 5.75 Å². The molecule has 1 unspecified atom stereocenters. The van der Waals surface area contributed by atoms with E-state index in [4.69, 9.17) is 4.74 Å². The molecule has 1 aliphatic heterocycles. The number of nitrogens with zero attached hydrogens (tertiary/aromatic N) is 2. The van der Waals surface area contributed by atoms with Crippen molar-refractivity contribution in [1.29, 1.82) is 0 Å². The third-order valence-electron chi connectivity index (χ3n) is 6.41. The fourth-order valence-electron chi connectivity index (χ4n) is 4.36. The first kappa shape index (κ1) is 23.8. The third kappa shape index (κ3) is 5.90. The summed E-state index contributed by atoms with van der Waals surface area (Å²) in [6.45, 7) is 8.53. The Hall–Kier alpha value is -2.82. The first-order valence-corrected chi connectivity index (χ1v) is 11.9. The maximum atomic E-state index is 13.1. The van der Waals surface area contributed by atoms with Gasteiger partial charge < -0.3 is 14.5 Å². The van der Waals surface area contributed by atoms with Gasteiger partial charge in [-0.05, 0) is 55.4 Å². The number of hydrogen-bond donors (Lipinski definition) is 0. The standard InChI is InChI=1S/C27H36N2O3/c1-4-17-29(26(30)20-32-25-14-10-9-13-24(25)21(3)5-2)23-15-18-28(19-16-23)27(31)22-11-7-6-8-12-22/h6-14,21,23H,4-5,15-20H2,1-3H3. The lowest BCUT2D eigenvalue weighted by molar-refractivity contribution is -0.136. The van der Waals surface area contributed by atoms with Crippen molar-refractivity contribution in [2.24, 2.45) is 0 Å². The topological polar surface area (TPSA) is 49.9 Å². The van der Waals surface area contributed by atoms with E-state index in [1.807, 2.05) is 58.3 Å². The van der Waals surface area contributed by atoms with E-state index in [1.165, 1.54) is 0 Å². The summed E-state index contributed by atoms with van der Waals surface area (Å²) in [6, 6.07) is 17.6. The summed E-state index contributed by atoms with van der Waals surface area (Å²) >= 11 is 0. The molecule has 0 radical (unpaired) electrons. The number of ether oxygens (including phenoxy) is 1. The van der Waals surface area contributed by atoms with Crippen LogP contribution < -0.4 is 4.74 Å². The molecular formula is C27H36N2O3. The van der Waals surface area contributed by atoms with Crippen molar-refractivity contribution < 1.29 is 14.3 Å². The van der Waals surface area contributed by atoms with Gasteiger partial charge in [0, 0.05) is 31.2 Å². The predicted molar refractivity (Wildman–Crippen MR) is 128 cm³/mol. The molecule has 2 amide bonds. The number of carbonyl (C=O) groups excluding carboxylic acids is 2. The lowest BCUT2D eigenvalue weighted by atomic mass is 9.98. The number of benzene rings is 2. The van der Waals surface area contributed by atoms with Crippen molar-refractivity contribution in [2.45, 2.75) is 58.4 Å². The second-order valence-electron chi connectivity index (χ2n) is 8.61. The predicted octanol–water partition coefficient (Wildman–Crippen LogP) is 5.12. The van der Waals surface area contributed by atoms with Crippen molar-refractivity contribution in [2.75, 3.05) is 26.2 Å². The van der Waals surface area contributed by atoms with Gasteiger partial charge in [-0.1, -0.05) is 57.2 Å². The van der Waals surface area contributed by atoms with Crippen molar-refractivity contribution in [3.8, 4) is 5.75 Å². The van der Waals surface area contributed by atoms with Gasteiger partial charge in [0.2, 0.25) is 0 Å². The van der Waals surface area contributed by atoms with Crippen molar-refractivity contribution in [1.82, 2.24) is 9.80 Å². The van der Waals surface area contributed by atoms with E-state index in [0.29, 0.717) is 25.6 Å². The Morgan fingerprint density at radius 2 is 1.69 bits per heavy atom. The summed E-state index contributed by atoms with van der Waals surface area (Å²) in [5, 5.41) is 0. The largest absolute Gasteiger partial charge is 0.483 e. The van der Waals surface area contributed by atoms with Crippen LogP contribution >= 0.6 is 0 Å². The zero-order valence-electron chi connectivity index (χ0n) is 19.6. The van der Waals surface area contributed by atoms with Gasteiger partial charge in [-0.25, -0.2) is 0 Å². The molecule has 0 spiro atoms.